The molecule has 0 atom stereocenters. The second kappa shape index (κ2) is 8.49. The number of carboxylic acids is 1. The Labute approximate surface area is 106 Å². The SMILES string of the molecule is CCOCCOCCOc1ccc(C(=O)O)cc1. The molecule has 0 saturated heterocycles. The standard InChI is InChI=1S/C13H18O5/c1-2-16-7-8-17-9-10-18-12-5-3-11(4-6-12)13(14)15/h3-6H,2,7-10H2,1H3,(H,14,15). The number of carbonyl (C=O) groups is 1. The van der Waals surface area contributed by atoms with Gasteiger partial charge in [0, 0.05) is 6.61 Å². The van der Waals surface area contributed by atoms with Crippen LogP contribution in [0.1, 0.15) is 17.3 Å². The summed E-state index contributed by atoms with van der Waals surface area (Å²) in [6.07, 6.45) is 0. The molecule has 0 fully saturated rings. The van der Waals surface area contributed by atoms with Crippen molar-refractivity contribution in [3.05, 3.63) is 29.8 Å². The molecule has 0 amide bonds. The van der Waals surface area contributed by atoms with Gasteiger partial charge in [-0.2, -0.15) is 0 Å². The minimum absolute atomic E-state index is 0.246. The Bertz CT molecular complexity index is 347. The van der Waals surface area contributed by atoms with E-state index in [4.69, 9.17) is 19.3 Å². The maximum Gasteiger partial charge on any atom is 0.335 e. The first-order chi connectivity index (χ1) is 8.74. The Morgan fingerprint density at radius 1 is 1.06 bits per heavy atom. The number of rotatable bonds is 9. The van der Waals surface area contributed by atoms with Gasteiger partial charge < -0.3 is 19.3 Å². The maximum absolute atomic E-state index is 10.6. The fraction of sp³-hybridized carbons (Fsp3) is 0.462. The lowest BCUT2D eigenvalue weighted by molar-refractivity contribution is 0.0405. The smallest absolute Gasteiger partial charge is 0.335 e. The Morgan fingerprint density at radius 2 is 1.67 bits per heavy atom. The van der Waals surface area contributed by atoms with Gasteiger partial charge in [-0.25, -0.2) is 4.79 Å². The van der Waals surface area contributed by atoms with Crippen molar-refractivity contribution in [1.82, 2.24) is 0 Å². The largest absolute Gasteiger partial charge is 0.491 e. The summed E-state index contributed by atoms with van der Waals surface area (Å²) in [4.78, 5) is 10.6. The lowest BCUT2D eigenvalue weighted by atomic mass is 10.2. The molecule has 1 N–H and O–H groups in total. The molecular formula is C13H18O5. The van der Waals surface area contributed by atoms with Crippen LogP contribution in [0.25, 0.3) is 0 Å². The Hall–Kier alpha value is -1.59. The van der Waals surface area contributed by atoms with Gasteiger partial charge in [0.15, 0.2) is 0 Å². The summed E-state index contributed by atoms with van der Waals surface area (Å²) in [5.74, 6) is -0.311. The van der Waals surface area contributed by atoms with E-state index in [-0.39, 0.29) is 5.56 Å². The third-order valence-electron chi connectivity index (χ3n) is 2.17. The van der Waals surface area contributed by atoms with Gasteiger partial charge in [0.2, 0.25) is 0 Å². The lowest BCUT2D eigenvalue weighted by Gasteiger charge is -2.07. The molecule has 18 heavy (non-hydrogen) atoms. The molecule has 0 aliphatic carbocycles. The van der Waals surface area contributed by atoms with Gasteiger partial charge in [0.25, 0.3) is 0 Å². The summed E-state index contributed by atoms with van der Waals surface area (Å²) < 4.78 is 15.8. The molecule has 0 unspecified atom stereocenters. The van der Waals surface area contributed by atoms with Crippen molar-refractivity contribution in [3.63, 3.8) is 0 Å². The quantitative estimate of drug-likeness (QED) is 0.681. The molecule has 1 aromatic carbocycles. The van der Waals surface area contributed by atoms with Gasteiger partial charge in [0.1, 0.15) is 12.4 Å². The van der Waals surface area contributed by atoms with E-state index in [0.29, 0.717) is 38.8 Å². The molecule has 0 spiro atoms. The number of benzene rings is 1. The first kappa shape index (κ1) is 14.5. The van der Waals surface area contributed by atoms with E-state index < -0.39 is 5.97 Å². The Morgan fingerprint density at radius 3 is 2.28 bits per heavy atom. The molecule has 0 aliphatic heterocycles. The minimum atomic E-state index is -0.944. The van der Waals surface area contributed by atoms with E-state index in [1.54, 1.807) is 12.1 Å². The predicted octanol–water partition coefficient (Wildman–Crippen LogP) is 1.82. The van der Waals surface area contributed by atoms with Gasteiger partial charge >= 0.3 is 5.97 Å². The van der Waals surface area contributed by atoms with Crippen LogP contribution in [0, 0.1) is 0 Å². The number of hydrogen-bond acceptors (Lipinski definition) is 4. The molecule has 0 aromatic heterocycles. The summed E-state index contributed by atoms with van der Waals surface area (Å²) in [7, 11) is 0. The van der Waals surface area contributed by atoms with Crippen LogP contribution in [0.15, 0.2) is 24.3 Å². The van der Waals surface area contributed by atoms with Crippen LogP contribution in [-0.2, 0) is 9.47 Å². The Kier molecular flexibility index (Phi) is 6.83. The maximum atomic E-state index is 10.6. The van der Waals surface area contributed by atoms with Gasteiger partial charge in [-0.05, 0) is 31.2 Å². The van der Waals surface area contributed by atoms with Crippen LogP contribution < -0.4 is 4.74 Å². The van der Waals surface area contributed by atoms with E-state index in [1.165, 1.54) is 12.1 Å². The van der Waals surface area contributed by atoms with Gasteiger partial charge in [-0.15, -0.1) is 0 Å². The zero-order valence-corrected chi connectivity index (χ0v) is 10.4. The molecular weight excluding hydrogens is 236 g/mol. The summed E-state index contributed by atoms with van der Waals surface area (Å²) in [6, 6.07) is 6.27. The van der Waals surface area contributed by atoms with E-state index in [2.05, 4.69) is 0 Å². The summed E-state index contributed by atoms with van der Waals surface area (Å²) >= 11 is 0. The van der Waals surface area contributed by atoms with Gasteiger partial charge in [0.05, 0.1) is 25.4 Å². The molecule has 1 aromatic rings. The Balaban J connectivity index is 2.14. The monoisotopic (exact) mass is 254 g/mol. The van der Waals surface area contributed by atoms with Crippen molar-refractivity contribution < 1.29 is 24.1 Å². The van der Waals surface area contributed by atoms with Crippen molar-refractivity contribution in [2.75, 3.05) is 33.0 Å². The number of aromatic carboxylic acids is 1. The van der Waals surface area contributed by atoms with E-state index in [0.717, 1.165) is 0 Å². The first-order valence-electron chi connectivity index (χ1n) is 5.85. The number of carboxylic acid groups (broad SMARTS) is 1. The minimum Gasteiger partial charge on any atom is -0.491 e. The summed E-state index contributed by atoms with van der Waals surface area (Å²) in [5, 5.41) is 8.72. The highest BCUT2D eigenvalue weighted by Gasteiger charge is 2.01. The average molecular weight is 254 g/mol. The molecule has 5 nitrogen and oxygen atoms in total. The van der Waals surface area contributed by atoms with Gasteiger partial charge in [-0.3, -0.25) is 0 Å². The summed E-state index contributed by atoms with van der Waals surface area (Å²) in [5.41, 5.74) is 0.246. The topological polar surface area (TPSA) is 65.0 Å². The second-order valence-corrected chi connectivity index (χ2v) is 3.49. The van der Waals surface area contributed by atoms with Crippen LogP contribution in [0.4, 0.5) is 0 Å². The van der Waals surface area contributed by atoms with Crippen molar-refractivity contribution in [3.8, 4) is 5.75 Å². The zero-order valence-electron chi connectivity index (χ0n) is 10.4. The van der Waals surface area contributed by atoms with Crippen LogP contribution >= 0.6 is 0 Å². The van der Waals surface area contributed by atoms with Crippen LogP contribution in [0.2, 0.25) is 0 Å². The lowest BCUT2D eigenvalue weighted by Crippen LogP contribution is -2.10. The van der Waals surface area contributed by atoms with Crippen molar-refractivity contribution >= 4 is 5.97 Å². The van der Waals surface area contributed by atoms with E-state index in [1.807, 2.05) is 6.92 Å². The second-order valence-electron chi connectivity index (χ2n) is 3.49. The zero-order chi connectivity index (χ0) is 13.2. The number of ether oxygens (including phenoxy) is 3. The fourth-order valence-electron chi connectivity index (χ4n) is 1.28. The van der Waals surface area contributed by atoms with E-state index in [9.17, 15) is 4.79 Å². The molecule has 5 heteroatoms. The summed E-state index contributed by atoms with van der Waals surface area (Å²) in [6.45, 7) is 4.67. The number of hydrogen-bond donors (Lipinski definition) is 1. The average Bonchev–Trinajstić information content (AvgIpc) is 2.38. The van der Waals surface area contributed by atoms with Crippen molar-refractivity contribution in [2.24, 2.45) is 0 Å². The highest BCUT2D eigenvalue weighted by Crippen LogP contribution is 2.11. The predicted molar refractivity (Wildman–Crippen MR) is 66.2 cm³/mol. The highest BCUT2D eigenvalue weighted by molar-refractivity contribution is 5.87. The van der Waals surface area contributed by atoms with Crippen LogP contribution in [-0.4, -0.2) is 44.1 Å². The van der Waals surface area contributed by atoms with Crippen LogP contribution in [0.5, 0.6) is 5.75 Å². The molecule has 1 rings (SSSR count). The van der Waals surface area contributed by atoms with Crippen molar-refractivity contribution in [1.29, 1.82) is 0 Å². The molecule has 0 aliphatic rings. The fourth-order valence-corrected chi connectivity index (χ4v) is 1.28. The molecule has 100 valence electrons. The van der Waals surface area contributed by atoms with Crippen molar-refractivity contribution in [2.45, 2.75) is 6.92 Å². The van der Waals surface area contributed by atoms with Crippen LogP contribution in [0.3, 0.4) is 0 Å². The highest BCUT2D eigenvalue weighted by atomic mass is 16.5. The molecule has 0 bridgehead atoms. The first-order valence-corrected chi connectivity index (χ1v) is 5.85. The normalized spacial score (nSPS) is 10.3. The third-order valence-corrected chi connectivity index (χ3v) is 2.17. The molecule has 0 saturated carbocycles. The molecule has 0 heterocycles. The van der Waals surface area contributed by atoms with Gasteiger partial charge in [-0.1, -0.05) is 0 Å². The third kappa shape index (κ3) is 5.65. The van der Waals surface area contributed by atoms with E-state index >= 15 is 0 Å². The molecule has 0 radical (unpaired) electrons.